The van der Waals surface area contributed by atoms with Crippen LogP contribution in [0.25, 0.3) is 0 Å². The number of rotatable bonds is 1. The number of hydrogen-bond donors (Lipinski definition) is 1. The maximum atomic E-state index is 10.1. The van der Waals surface area contributed by atoms with Crippen LogP contribution >= 0.6 is 0 Å². The number of nitrogens with one attached hydrogen (secondary N) is 1. The Hall–Kier alpha value is -1.32. The third kappa shape index (κ3) is 3.60. The zero-order chi connectivity index (χ0) is 10.4. The van der Waals surface area contributed by atoms with Crippen molar-refractivity contribution in [1.29, 1.82) is 0 Å². The number of aromatic amines is 1. The molecule has 14 heavy (non-hydrogen) atoms. The molecule has 1 saturated heterocycles. The molecule has 0 aromatic carbocycles. The van der Waals surface area contributed by atoms with Gasteiger partial charge in [-0.15, -0.1) is 0 Å². The number of aromatic nitrogens is 2. The van der Waals surface area contributed by atoms with Gasteiger partial charge < -0.3 is 9.88 Å². The molecule has 0 radical (unpaired) electrons. The molecular formula is C10H17N3O. The average molecular weight is 195 g/mol. The molecule has 0 spiro atoms. The summed E-state index contributed by atoms with van der Waals surface area (Å²) in [4.78, 5) is 18.6. The summed E-state index contributed by atoms with van der Waals surface area (Å²) in [5.41, 5.74) is 1.11. The van der Waals surface area contributed by atoms with E-state index in [2.05, 4.69) is 16.9 Å². The van der Waals surface area contributed by atoms with Crippen molar-refractivity contribution >= 4 is 6.41 Å². The van der Waals surface area contributed by atoms with Crippen LogP contribution in [0.2, 0.25) is 0 Å². The third-order valence-corrected chi connectivity index (χ3v) is 2.24. The molecule has 1 fully saturated rings. The Balaban J connectivity index is 0.000000146. The number of carbonyl (C=O) groups is 1. The quantitative estimate of drug-likeness (QED) is 0.684. The van der Waals surface area contributed by atoms with Gasteiger partial charge in [-0.25, -0.2) is 4.98 Å². The van der Waals surface area contributed by atoms with Crippen LogP contribution in [-0.4, -0.2) is 34.4 Å². The molecule has 1 aromatic rings. The lowest BCUT2D eigenvalue weighted by Crippen LogP contribution is -2.17. The SMILES string of the molecule is CC1CCN(C=O)C1.Cc1cnc[nH]1. The molecule has 4 heteroatoms. The highest BCUT2D eigenvalue weighted by atomic mass is 16.1. The van der Waals surface area contributed by atoms with Gasteiger partial charge in [-0.2, -0.15) is 0 Å². The molecular weight excluding hydrogens is 178 g/mol. The number of hydrogen-bond acceptors (Lipinski definition) is 2. The molecule has 1 aromatic heterocycles. The van der Waals surface area contributed by atoms with Gasteiger partial charge in [-0.1, -0.05) is 6.92 Å². The molecule has 4 nitrogen and oxygen atoms in total. The van der Waals surface area contributed by atoms with E-state index in [0.29, 0.717) is 0 Å². The van der Waals surface area contributed by atoms with Crippen molar-refractivity contribution in [2.45, 2.75) is 20.3 Å². The van der Waals surface area contributed by atoms with Crippen molar-refractivity contribution in [3.8, 4) is 0 Å². The normalized spacial score (nSPS) is 20.1. The van der Waals surface area contributed by atoms with Crippen LogP contribution in [0.4, 0.5) is 0 Å². The summed E-state index contributed by atoms with van der Waals surface area (Å²) in [6, 6.07) is 0. The Kier molecular flexibility index (Phi) is 4.16. The minimum Gasteiger partial charge on any atom is -0.349 e. The second-order valence-electron chi connectivity index (χ2n) is 3.73. The molecule has 1 aliphatic rings. The minimum atomic E-state index is 0.722. The first-order valence-electron chi connectivity index (χ1n) is 4.86. The molecule has 1 amide bonds. The number of H-pyrrole nitrogens is 1. The van der Waals surface area contributed by atoms with Crippen LogP contribution in [0.3, 0.4) is 0 Å². The van der Waals surface area contributed by atoms with E-state index in [0.717, 1.165) is 31.1 Å². The van der Waals surface area contributed by atoms with Gasteiger partial charge in [0.2, 0.25) is 6.41 Å². The molecule has 2 rings (SSSR count). The van der Waals surface area contributed by atoms with Gasteiger partial charge in [0.25, 0.3) is 0 Å². The van der Waals surface area contributed by atoms with E-state index in [9.17, 15) is 4.79 Å². The zero-order valence-electron chi connectivity index (χ0n) is 8.73. The minimum absolute atomic E-state index is 0.722. The first-order valence-corrected chi connectivity index (χ1v) is 4.86. The standard InChI is InChI=1S/C6H11NO.C4H6N2/c1-6-2-3-7(4-6)5-8;1-4-2-5-3-6-4/h5-6H,2-4H2,1H3;2-3H,1H3,(H,5,6). The Labute approximate surface area is 84.3 Å². The molecule has 78 valence electrons. The number of aryl methyl sites for hydroxylation is 1. The fourth-order valence-electron chi connectivity index (χ4n) is 1.39. The molecule has 0 bridgehead atoms. The molecule has 1 N–H and O–H groups in total. The number of carbonyl (C=O) groups excluding carboxylic acids is 1. The Bertz CT molecular complexity index is 258. The second-order valence-corrected chi connectivity index (χ2v) is 3.73. The summed E-state index contributed by atoms with van der Waals surface area (Å²) in [7, 11) is 0. The number of amides is 1. The molecule has 1 unspecified atom stereocenters. The number of nitrogens with zero attached hydrogens (tertiary/aromatic N) is 2. The van der Waals surface area contributed by atoms with Gasteiger partial charge in [0.1, 0.15) is 0 Å². The van der Waals surface area contributed by atoms with Crippen LogP contribution in [0.5, 0.6) is 0 Å². The summed E-state index contributed by atoms with van der Waals surface area (Å²) in [6.07, 6.45) is 5.55. The van der Waals surface area contributed by atoms with E-state index in [1.807, 2.05) is 11.8 Å². The topological polar surface area (TPSA) is 49.0 Å². The maximum Gasteiger partial charge on any atom is 0.209 e. The van der Waals surface area contributed by atoms with E-state index in [-0.39, 0.29) is 0 Å². The second kappa shape index (κ2) is 5.42. The smallest absolute Gasteiger partial charge is 0.209 e. The highest BCUT2D eigenvalue weighted by Crippen LogP contribution is 2.11. The van der Waals surface area contributed by atoms with Gasteiger partial charge in [-0.05, 0) is 19.3 Å². The first-order chi connectivity index (χ1) is 6.72. The molecule has 0 aliphatic carbocycles. The van der Waals surface area contributed by atoms with Gasteiger partial charge in [0, 0.05) is 25.0 Å². The number of imidazole rings is 1. The van der Waals surface area contributed by atoms with E-state index >= 15 is 0 Å². The lowest BCUT2D eigenvalue weighted by atomic mass is 10.2. The van der Waals surface area contributed by atoms with E-state index in [4.69, 9.17) is 0 Å². The van der Waals surface area contributed by atoms with Crippen LogP contribution in [0.15, 0.2) is 12.5 Å². The predicted octanol–water partition coefficient (Wildman–Crippen LogP) is 1.20. The van der Waals surface area contributed by atoms with E-state index < -0.39 is 0 Å². The largest absolute Gasteiger partial charge is 0.349 e. The fraction of sp³-hybridized carbons (Fsp3) is 0.600. The van der Waals surface area contributed by atoms with Crippen LogP contribution in [0.1, 0.15) is 19.0 Å². The van der Waals surface area contributed by atoms with Crippen molar-refractivity contribution < 1.29 is 4.79 Å². The fourth-order valence-corrected chi connectivity index (χ4v) is 1.39. The summed E-state index contributed by atoms with van der Waals surface area (Å²) in [5.74, 6) is 0.722. The van der Waals surface area contributed by atoms with Crippen molar-refractivity contribution in [2.24, 2.45) is 5.92 Å². The van der Waals surface area contributed by atoms with E-state index in [1.54, 1.807) is 12.5 Å². The maximum absolute atomic E-state index is 10.1. The number of likely N-dealkylation sites (tertiary alicyclic amines) is 1. The lowest BCUT2D eigenvalue weighted by Gasteiger charge is -2.04. The Morgan fingerprint density at radius 1 is 1.71 bits per heavy atom. The Morgan fingerprint density at radius 3 is 2.71 bits per heavy atom. The average Bonchev–Trinajstić information content (AvgIpc) is 2.77. The van der Waals surface area contributed by atoms with Crippen LogP contribution in [0, 0.1) is 12.8 Å². The van der Waals surface area contributed by atoms with E-state index in [1.165, 1.54) is 6.42 Å². The van der Waals surface area contributed by atoms with Crippen molar-refractivity contribution in [3.63, 3.8) is 0 Å². The van der Waals surface area contributed by atoms with Gasteiger partial charge in [-0.3, -0.25) is 4.79 Å². The van der Waals surface area contributed by atoms with Crippen LogP contribution < -0.4 is 0 Å². The van der Waals surface area contributed by atoms with Crippen LogP contribution in [-0.2, 0) is 4.79 Å². The van der Waals surface area contributed by atoms with Crippen molar-refractivity contribution in [3.05, 3.63) is 18.2 Å². The summed E-state index contributed by atoms with van der Waals surface area (Å²) in [5, 5.41) is 0. The summed E-state index contributed by atoms with van der Waals surface area (Å²) in [6.45, 7) is 6.06. The highest BCUT2D eigenvalue weighted by molar-refractivity contribution is 5.47. The first kappa shape index (κ1) is 10.8. The van der Waals surface area contributed by atoms with Crippen molar-refractivity contribution in [1.82, 2.24) is 14.9 Å². The molecule has 0 saturated carbocycles. The van der Waals surface area contributed by atoms with Gasteiger partial charge >= 0.3 is 0 Å². The third-order valence-electron chi connectivity index (χ3n) is 2.24. The monoisotopic (exact) mass is 195 g/mol. The summed E-state index contributed by atoms with van der Waals surface area (Å²) >= 11 is 0. The highest BCUT2D eigenvalue weighted by Gasteiger charge is 2.15. The molecule has 1 aliphatic heterocycles. The Morgan fingerprint density at radius 2 is 2.50 bits per heavy atom. The predicted molar refractivity (Wildman–Crippen MR) is 54.7 cm³/mol. The molecule has 1 atom stereocenters. The zero-order valence-corrected chi connectivity index (χ0v) is 8.73. The van der Waals surface area contributed by atoms with Gasteiger partial charge in [0.15, 0.2) is 0 Å². The molecule has 2 heterocycles. The summed E-state index contributed by atoms with van der Waals surface area (Å²) < 4.78 is 0. The van der Waals surface area contributed by atoms with Crippen molar-refractivity contribution in [2.75, 3.05) is 13.1 Å². The lowest BCUT2D eigenvalue weighted by molar-refractivity contribution is -0.117. The van der Waals surface area contributed by atoms with Gasteiger partial charge in [0.05, 0.1) is 6.33 Å².